The third-order valence-corrected chi connectivity index (χ3v) is 4.00. The van der Waals surface area contributed by atoms with Crippen molar-refractivity contribution < 1.29 is 30.9 Å². The van der Waals surface area contributed by atoms with Crippen LogP contribution in [0.5, 0.6) is 11.5 Å². The number of carboxylic acids is 1. The first-order valence-electron chi connectivity index (χ1n) is 8.50. The van der Waals surface area contributed by atoms with Gasteiger partial charge in [-0.3, -0.25) is 4.79 Å². The normalized spacial score (nSPS) is 25.9. The largest absolute Gasteiger partial charge is 0.489 e. The summed E-state index contributed by atoms with van der Waals surface area (Å²) >= 11 is 0. The van der Waals surface area contributed by atoms with Crippen LogP contribution in [0.4, 0.5) is 8.78 Å². The first-order valence-corrected chi connectivity index (χ1v) is 7.50. The molecule has 3 rings (SSSR count). The van der Waals surface area contributed by atoms with Crippen molar-refractivity contribution in [2.24, 2.45) is 5.92 Å². The number of carbonyl (C=O) groups is 1. The summed E-state index contributed by atoms with van der Waals surface area (Å²) in [5.74, 6) is -1.66. The molecule has 23 heavy (non-hydrogen) atoms. The lowest BCUT2D eigenvalue weighted by molar-refractivity contribution is -0.139. The molecule has 1 aromatic carbocycles. The Hall–Kier alpha value is -1.89. The van der Waals surface area contributed by atoms with Crippen LogP contribution in [0.1, 0.15) is 33.5 Å². The lowest BCUT2D eigenvalue weighted by Gasteiger charge is -2.16. The second-order valence-electron chi connectivity index (χ2n) is 5.81. The zero-order valence-electron chi connectivity index (χ0n) is 14.3. The number of rotatable bonds is 7. The minimum atomic E-state index is -3.05. The minimum absolute atomic E-state index is 0.0894. The number of benzene rings is 1. The summed E-state index contributed by atoms with van der Waals surface area (Å²) in [5.41, 5.74) is 0.694. The van der Waals surface area contributed by atoms with Crippen molar-refractivity contribution in [3.05, 3.63) is 23.8 Å². The molecule has 5 nitrogen and oxygen atoms in total. The molecule has 1 saturated carbocycles. The third-order valence-electron chi connectivity index (χ3n) is 4.00. The highest BCUT2D eigenvalue weighted by atomic mass is 19.3. The number of alkyl halides is 2. The number of halogens is 2. The van der Waals surface area contributed by atoms with Gasteiger partial charge in [0, 0.05) is 6.54 Å². The van der Waals surface area contributed by atoms with Crippen molar-refractivity contribution in [3.8, 4) is 11.5 Å². The lowest BCUT2D eigenvalue weighted by Crippen LogP contribution is -2.29. The average Bonchev–Trinajstić information content (AvgIpc) is 3.27. The Labute approximate surface area is 135 Å². The SMILES string of the molecule is [2H]C([2H])(Oc1cc(C2CN[C@@H](C(=O)O)C2)ccc1OC(F)F)C1CC1. The zero-order chi connectivity index (χ0) is 18.2. The van der Waals surface area contributed by atoms with Gasteiger partial charge in [-0.05, 0) is 48.8 Å². The third kappa shape index (κ3) is 4.10. The molecule has 0 aromatic heterocycles. The smallest absolute Gasteiger partial charge is 0.387 e. The Morgan fingerprint density at radius 3 is 2.83 bits per heavy atom. The molecule has 1 saturated heterocycles. The van der Waals surface area contributed by atoms with E-state index in [-0.39, 0.29) is 23.3 Å². The van der Waals surface area contributed by atoms with Gasteiger partial charge in [0.25, 0.3) is 0 Å². The zero-order valence-corrected chi connectivity index (χ0v) is 12.3. The second kappa shape index (κ2) is 6.70. The van der Waals surface area contributed by atoms with Gasteiger partial charge in [0.05, 0.1) is 9.30 Å². The monoisotopic (exact) mass is 329 g/mol. The molecule has 1 aliphatic carbocycles. The molecular formula is C16H19F2NO4. The van der Waals surface area contributed by atoms with E-state index in [1.165, 1.54) is 12.1 Å². The highest BCUT2D eigenvalue weighted by Gasteiger charge is 2.31. The van der Waals surface area contributed by atoms with Crippen LogP contribution in [0.3, 0.4) is 0 Å². The molecule has 1 aromatic rings. The molecular weight excluding hydrogens is 308 g/mol. The van der Waals surface area contributed by atoms with Crippen molar-refractivity contribution in [3.63, 3.8) is 0 Å². The van der Waals surface area contributed by atoms with E-state index in [1.807, 2.05) is 0 Å². The Bertz CT molecular complexity index is 655. The van der Waals surface area contributed by atoms with Crippen LogP contribution in [0, 0.1) is 5.92 Å². The van der Waals surface area contributed by atoms with Gasteiger partial charge in [0.1, 0.15) is 6.04 Å². The van der Waals surface area contributed by atoms with Crippen LogP contribution in [-0.4, -0.2) is 36.8 Å². The molecule has 7 heteroatoms. The van der Waals surface area contributed by atoms with E-state index >= 15 is 0 Å². The van der Waals surface area contributed by atoms with E-state index in [4.69, 9.17) is 12.6 Å². The second-order valence-corrected chi connectivity index (χ2v) is 5.81. The predicted molar refractivity (Wildman–Crippen MR) is 78.1 cm³/mol. The van der Waals surface area contributed by atoms with Gasteiger partial charge in [-0.25, -0.2) is 0 Å². The van der Waals surface area contributed by atoms with Crippen LogP contribution in [-0.2, 0) is 4.79 Å². The summed E-state index contributed by atoms with van der Waals surface area (Å²) in [4.78, 5) is 11.1. The van der Waals surface area contributed by atoms with E-state index in [0.717, 1.165) is 0 Å². The quantitative estimate of drug-likeness (QED) is 0.805. The maximum atomic E-state index is 12.6. The summed E-state index contributed by atoms with van der Waals surface area (Å²) in [5, 5.41) is 11.9. The fourth-order valence-corrected chi connectivity index (χ4v) is 2.58. The fourth-order valence-electron chi connectivity index (χ4n) is 2.58. The Morgan fingerprint density at radius 2 is 2.22 bits per heavy atom. The van der Waals surface area contributed by atoms with Gasteiger partial charge in [-0.2, -0.15) is 8.78 Å². The molecule has 1 aliphatic heterocycles. The molecule has 0 radical (unpaired) electrons. The maximum Gasteiger partial charge on any atom is 0.387 e. The summed E-state index contributed by atoms with van der Waals surface area (Å²) in [7, 11) is 0. The molecule has 126 valence electrons. The molecule has 2 aliphatic rings. The molecule has 0 spiro atoms. The van der Waals surface area contributed by atoms with Crippen LogP contribution in [0.15, 0.2) is 18.2 Å². The van der Waals surface area contributed by atoms with E-state index in [0.29, 0.717) is 31.4 Å². The number of carboxylic acid groups (broad SMARTS) is 1. The van der Waals surface area contributed by atoms with Gasteiger partial charge >= 0.3 is 12.6 Å². The first kappa shape index (κ1) is 13.5. The number of ether oxygens (including phenoxy) is 2. The van der Waals surface area contributed by atoms with Gasteiger partial charge in [-0.15, -0.1) is 0 Å². The van der Waals surface area contributed by atoms with Gasteiger partial charge in [0.15, 0.2) is 11.5 Å². The number of nitrogens with one attached hydrogen (secondary N) is 1. The maximum absolute atomic E-state index is 12.6. The first-order chi connectivity index (χ1) is 11.8. The predicted octanol–water partition coefficient (Wildman–Crippen LogP) is 2.61. The van der Waals surface area contributed by atoms with Crippen molar-refractivity contribution in [1.29, 1.82) is 0 Å². The molecule has 0 bridgehead atoms. The van der Waals surface area contributed by atoms with Crippen LogP contribution in [0.25, 0.3) is 0 Å². The van der Waals surface area contributed by atoms with Crippen LogP contribution in [0.2, 0.25) is 0 Å². The minimum Gasteiger partial charge on any atom is -0.489 e. The molecule has 0 amide bonds. The van der Waals surface area contributed by atoms with E-state index in [1.54, 1.807) is 6.07 Å². The van der Waals surface area contributed by atoms with E-state index < -0.39 is 25.2 Å². The molecule has 1 unspecified atom stereocenters. The van der Waals surface area contributed by atoms with Crippen molar-refractivity contribution in [2.75, 3.05) is 13.1 Å². The Kier molecular flexibility index (Phi) is 3.94. The van der Waals surface area contributed by atoms with Gasteiger partial charge in [-0.1, -0.05) is 6.07 Å². The Morgan fingerprint density at radius 1 is 1.43 bits per heavy atom. The van der Waals surface area contributed by atoms with E-state index in [9.17, 15) is 13.6 Å². The average molecular weight is 329 g/mol. The van der Waals surface area contributed by atoms with Crippen LogP contribution >= 0.6 is 0 Å². The van der Waals surface area contributed by atoms with Gasteiger partial charge in [0.2, 0.25) is 0 Å². The highest BCUT2D eigenvalue weighted by Crippen LogP contribution is 2.37. The number of hydrogen-bond acceptors (Lipinski definition) is 4. The van der Waals surface area contributed by atoms with Gasteiger partial charge < -0.3 is 19.9 Å². The summed E-state index contributed by atoms with van der Waals surface area (Å²) < 4.78 is 50.9. The standard InChI is InChI=1S/C16H19F2NO4/c17-16(18)23-13-4-3-10(6-14(13)22-8-9-1-2-9)11-5-12(15(20)21)19-7-11/h3-4,6,9,11-12,16,19H,1-2,5,7-8H2,(H,20,21)/t11?,12-/m1/s1/i8D2. The van der Waals surface area contributed by atoms with Crippen LogP contribution < -0.4 is 14.8 Å². The number of aliphatic carboxylic acids is 1. The van der Waals surface area contributed by atoms with Crippen molar-refractivity contribution in [2.45, 2.75) is 37.8 Å². The summed E-state index contributed by atoms with van der Waals surface area (Å²) in [6, 6.07) is 3.69. The number of hydrogen-bond donors (Lipinski definition) is 2. The lowest BCUT2D eigenvalue weighted by atomic mass is 9.96. The molecule has 2 N–H and O–H groups in total. The summed E-state index contributed by atoms with van der Waals surface area (Å²) in [6.45, 7) is -4.58. The molecule has 1 heterocycles. The van der Waals surface area contributed by atoms with E-state index in [2.05, 4.69) is 10.1 Å². The van der Waals surface area contributed by atoms with Crippen molar-refractivity contribution in [1.82, 2.24) is 5.32 Å². The summed E-state index contributed by atoms with van der Waals surface area (Å²) in [6.07, 6.45) is 1.73. The Balaban J connectivity index is 1.83. The van der Waals surface area contributed by atoms with Crippen molar-refractivity contribution >= 4 is 5.97 Å². The molecule has 2 fully saturated rings. The fraction of sp³-hybridized carbons (Fsp3) is 0.562. The topological polar surface area (TPSA) is 67.8 Å². The molecule has 2 atom stereocenters. The highest BCUT2D eigenvalue weighted by molar-refractivity contribution is 5.74.